The van der Waals surface area contributed by atoms with E-state index in [1.165, 1.54) is 0 Å². The van der Waals surface area contributed by atoms with Gasteiger partial charge in [-0.3, -0.25) is 9.69 Å². The van der Waals surface area contributed by atoms with Crippen molar-refractivity contribution in [2.24, 2.45) is 0 Å². The van der Waals surface area contributed by atoms with E-state index in [4.69, 9.17) is 4.42 Å². The molecule has 0 N–H and O–H groups in total. The monoisotopic (exact) mass is 381 g/mol. The molecule has 1 amide bonds. The molecule has 1 aliphatic heterocycles. The molecule has 1 aliphatic rings. The normalized spacial score (nSPS) is 17.7. The number of amides is 1. The number of anilines is 1. The maximum atomic E-state index is 13.1. The molecule has 0 bridgehead atoms. The second-order valence-electron chi connectivity index (χ2n) is 6.90. The number of oxazole rings is 1. The van der Waals surface area contributed by atoms with Gasteiger partial charge in [-0.15, -0.1) is 11.3 Å². The van der Waals surface area contributed by atoms with Crippen LogP contribution in [0.15, 0.2) is 52.3 Å². The topological polar surface area (TPSA) is 49.6 Å². The molecule has 1 atom stereocenters. The Balaban J connectivity index is 1.49. The highest BCUT2D eigenvalue weighted by molar-refractivity contribution is 7.13. The van der Waals surface area contributed by atoms with Crippen LogP contribution >= 0.6 is 11.3 Å². The van der Waals surface area contributed by atoms with Gasteiger partial charge in [0.1, 0.15) is 5.76 Å². The maximum Gasteiger partial charge on any atom is 0.244 e. The Labute approximate surface area is 163 Å². The van der Waals surface area contributed by atoms with Crippen LogP contribution in [0.5, 0.6) is 0 Å². The summed E-state index contributed by atoms with van der Waals surface area (Å²) in [6.07, 6.45) is 1.86. The van der Waals surface area contributed by atoms with Crippen molar-refractivity contribution in [1.29, 1.82) is 0 Å². The first-order valence-corrected chi connectivity index (χ1v) is 10.1. The number of aromatic nitrogens is 1. The lowest BCUT2D eigenvalue weighted by Crippen LogP contribution is -2.51. The Kier molecular flexibility index (Phi) is 5.09. The summed E-state index contributed by atoms with van der Waals surface area (Å²) in [6, 6.07) is 13.8. The number of aryl methyl sites for hydroxylation is 1. The van der Waals surface area contributed by atoms with Gasteiger partial charge in [0.15, 0.2) is 0 Å². The van der Waals surface area contributed by atoms with Crippen molar-refractivity contribution in [2.45, 2.75) is 32.4 Å². The van der Waals surface area contributed by atoms with Gasteiger partial charge in [0.2, 0.25) is 11.8 Å². The third-order valence-electron chi connectivity index (χ3n) is 5.03. The predicted molar refractivity (Wildman–Crippen MR) is 108 cm³/mol. The number of hydrogen-bond donors (Lipinski definition) is 0. The fourth-order valence-corrected chi connectivity index (χ4v) is 4.21. The summed E-state index contributed by atoms with van der Waals surface area (Å²) in [6.45, 7) is 3.31. The van der Waals surface area contributed by atoms with E-state index in [0.717, 1.165) is 41.4 Å². The number of benzene rings is 1. The zero-order valence-electron chi connectivity index (χ0n) is 15.6. The lowest BCUT2D eigenvalue weighted by molar-refractivity contribution is -0.125. The van der Waals surface area contributed by atoms with E-state index in [1.807, 2.05) is 66.7 Å². The Hall–Kier alpha value is -2.44. The molecule has 3 heterocycles. The molecule has 1 fully saturated rings. The number of hydrogen-bond acceptors (Lipinski definition) is 5. The van der Waals surface area contributed by atoms with Crippen molar-refractivity contribution in [3.63, 3.8) is 0 Å². The van der Waals surface area contributed by atoms with Crippen LogP contribution in [-0.2, 0) is 11.3 Å². The van der Waals surface area contributed by atoms with Crippen molar-refractivity contribution in [3.8, 4) is 10.8 Å². The Bertz CT molecular complexity index is 905. The highest BCUT2D eigenvalue weighted by Gasteiger charge is 2.33. The summed E-state index contributed by atoms with van der Waals surface area (Å²) in [7, 11) is 2.00. The van der Waals surface area contributed by atoms with E-state index < -0.39 is 0 Å². The second-order valence-corrected chi connectivity index (χ2v) is 7.85. The molecule has 5 nitrogen and oxygen atoms in total. The van der Waals surface area contributed by atoms with Gasteiger partial charge in [-0.2, -0.15) is 0 Å². The summed E-state index contributed by atoms with van der Waals surface area (Å²) >= 11 is 1.61. The number of nitrogens with zero attached hydrogens (tertiary/aromatic N) is 3. The smallest absolute Gasteiger partial charge is 0.244 e. The van der Waals surface area contributed by atoms with Gasteiger partial charge >= 0.3 is 0 Å². The molecule has 1 saturated heterocycles. The molecular weight excluding hydrogens is 358 g/mol. The molecule has 0 spiro atoms. The number of likely N-dealkylation sites (N-methyl/N-ethyl adjacent to an activating group) is 1. The van der Waals surface area contributed by atoms with Gasteiger partial charge in [-0.1, -0.05) is 24.3 Å². The zero-order valence-corrected chi connectivity index (χ0v) is 16.4. The standard InChI is InChI=1S/C21H23N3O2S/c1-15-17(22-20(26-15)19-11-7-13-27-19)14-23(2)18-10-6-12-24(21(18)25)16-8-4-3-5-9-16/h3-5,7-9,11,13,18H,6,10,12,14H2,1-2H3. The average Bonchev–Trinajstić information content (AvgIpc) is 3.33. The number of para-hydroxylation sites is 1. The third-order valence-corrected chi connectivity index (χ3v) is 5.89. The zero-order chi connectivity index (χ0) is 18.8. The SMILES string of the molecule is Cc1oc(-c2cccs2)nc1CN(C)C1CCCN(c2ccccc2)C1=O. The molecule has 27 heavy (non-hydrogen) atoms. The first kappa shape index (κ1) is 17.9. The highest BCUT2D eigenvalue weighted by atomic mass is 32.1. The lowest BCUT2D eigenvalue weighted by Gasteiger charge is -2.36. The van der Waals surface area contributed by atoms with Gasteiger partial charge in [0.25, 0.3) is 0 Å². The van der Waals surface area contributed by atoms with Gasteiger partial charge in [-0.05, 0) is 50.4 Å². The van der Waals surface area contributed by atoms with E-state index >= 15 is 0 Å². The largest absolute Gasteiger partial charge is 0.440 e. The van der Waals surface area contributed by atoms with Crippen molar-refractivity contribution < 1.29 is 9.21 Å². The minimum absolute atomic E-state index is 0.139. The minimum Gasteiger partial charge on any atom is -0.440 e. The predicted octanol–water partition coefficient (Wildman–Crippen LogP) is 4.34. The number of carbonyl (C=O) groups excluding carboxylic acids is 1. The first-order chi connectivity index (χ1) is 13.1. The van der Waals surface area contributed by atoms with Crippen LogP contribution in [0.3, 0.4) is 0 Å². The third kappa shape index (κ3) is 3.68. The molecule has 0 radical (unpaired) electrons. The van der Waals surface area contributed by atoms with Crippen molar-refractivity contribution in [3.05, 3.63) is 59.3 Å². The van der Waals surface area contributed by atoms with Crippen molar-refractivity contribution in [2.75, 3.05) is 18.5 Å². The molecule has 140 valence electrons. The van der Waals surface area contributed by atoms with Gasteiger partial charge in [0, 0.05) is 18.8 Å². The molecular formula is C21H23N3O2S. The Morgan fingerprint density at radius 3 is 2.81 bits per heavy atom. The summed E-state index contributed by atoms with van der Waals surface area (Å²) < 4.78 is 5.84. The number of carbonyl (C=O) groups is 1. The first-order valence-electron chi connectivity index (χ1n) is 9.20. The van der Waals surface area contributed by atoms with Gasteiger partial charge < -0.3 is 9.32 Å². The van der Waals surface area contributed by atoms with E-state index in [2.05, 4.69) is 9.88 Å². The quantitative estimate of drug-likeness (QED) is 0.660. The number of piperidine rings is 1. The molecule has 0 aliphatic carbocycles. The van der Waals surface area contributed by atoms with Crippen LogP contribution in [0.1, 0.15) is 24.3 Å². The molecule has 3 aromatic rings. The molecule has 2 aromatic heterocycles. The summed E-state index contributed by atoms with van der Waals surface area (Å²) in [5.41, 5.74) is 1.86. The van der Waals surface area contributed by atoms with Crippen molar-refractivity contribution in [1.82, 2.24) is 9.88 Å². The van der Waals surface area contributed by atoms with Crippen LogP contribution in [-0.4, -0.2) is 35.4 Å². The summed E-state index contributed by atoms with van der Waals surface area (Å²) in [5.74, 6) is 1.63. The molecule has 6 heteroatoms. The van der Waals surface area contributed by atoms with Gasteiger partial charge in [-0.25, -0.2) is 4.98 Å². The Morgan fingerprint density at radius 2 is 2.07 bits per heavy atom. The molecule has 4 rings (SSSR count). The van der Waals surface area contributed by atoms with Crippen LogP contribution < -0.4 is 4.90 Å². The Morgan fingerprint density at radius 1 is 1.26 bits per heavy atom. The van der Waals surface area contributed by atoms with Crippen LogP contribution in [0, 0.1) is 6.92 Å². The van der Waals surface area contributed by atoms with Crippen LogP contribution in [0.25, 0.3) is 10.8 Å². The van der Waals surface area contributed by atoms with E-state index in [0.29, 0.717) is 12.4 Å². The minimum atomic E-state index is -0.139. The fourth-order valence-electron chi connectivity index (χ4n) is 3.56. The highest BCUT2D eigenvalue weighted by Crippen LogP contribution is 2.28. The van der Waals surface area contributed by atoms with Crippen molar-refractivity contribution >= 4 is 22.9 Å². The lowest BCUT2D eigenvalue weighted by atomic mass is 10.0. The molecule has 1 aromatic carbocycles. The van der Waals surface area contributed by atoms with E-state index in [-0.39, 0.29) is 11.9 Å². The average molecular weight is 382 g/mol. The number of thiophene rings is 1. The number of rotatable bonds is 5. The molecule has 0 saturated carbocycles. The maximum absolute atomic E-state index is 13.1. The molecule has 1 unspecified atom stereocenters. The van der Waals surface area contributed by atoms with E-state index in [1.54, 1.807) is 11.3 Å². The van der Waals surface area contributed by atoms with E-state index in [9.17, 15) is 4.79 Å². The second kappa shape index (κ2) is 7.66. The summed E-state index contributed by atoms with van der Waals surface area (Å²) in [5, 5.41) is 2.01. The summed E-state index contributed by atoms with van der Waals surface area (Å²) in [4.78, 5) is 22.8. The van der Waals surface area contributed by atoms with Crippen LogP contribution in [0.4, 0.5) is 5.69 Å². The van der Waals surface area contributed by atoms with Crippen LogP contribution in [0.2, 0.25) is 0 Å². The van der Waals surface area contributed by atoms with Gasteiger partial charge in [0.05, 0.1) is 16.6 Å². The fraction of sp³-hybridized carbons (Fsp3) is 0.333.